The standard InChI is InChI=1S/C19H15N3O2/c1-24-13-7-6-12(10-20)15(9-13)16-14-3-2-8-21-19(14)22-17(16)18(23)11-4-5-11/h2-3,6-9,11H,4-5H2,1H3,(H,21,22). The van der Waals surface area contributed by atoms with Crippen LogP contribution < -0.4 is 4.74 Å². The maximum atomic E-state index is 12.8. The van der Waals surface area contributed by atoms with Crippen LogP contribution in [0.15, 0.2) is 36.5 Å². The van der Waals surface area contributed by atoms with Crippen LogP contribution in [-0.4, -0.2) is 22.9 Å². The van der Waals surface area contributed by atoms with Crippen LogP contribution in [0.2, 0.25) is 0 Å². The number of aromatic amines is 1. The van der Waals surface area contributed by atoms with Gasteiger partial charge in [0, 0.05) is 28.6 Å². The number of H-pyrrole nitrogens is 1. The zero-order chi connectivity index (χ0) is 16.7. The fraction of sp³-hybridized carbons (Fsp3) is 0.211. The first kappa shape index (κ1) is 14.5. The number of hydrogen-bond acceptors (Lipinski definition) is 4. The summed E-state index contributed by atoms with van der Waals surface area (Å²) in [5.41, 5.74) is 3.13. The van der Waals surface area contributed by atoms with Crippen LogP contribution in [0.4, 0.5) is 0 Å². The fourth-order valence-corrected chi connectivity index (χ4v) is 2.99. The van der Waals surface area contributed by atoms with E-state index in [0.717, 1.165) is 23.8 Å². The predicted octanol–water partition coefficient (Wildman–Crippen LogP) is 3.70. The molecule has 5 nitrogen and oxygen atoms in total. The van der Waals surface area contributed by atoms with Crippen molar-refractivity contribution < 1.29 is 9.53 Å². The number of fused-ring (bicyclic) bond motifs is 1. The van der Waals surface area contributed by atoms with Crippen LogP contribution in [0.1, 0.15) is 28.9 Å². The van der Waals surface area contributed by atoms with Gasteiger partial charge < -0.3 is 9.72 Å². The van der Waals surface area contributed by atoms with Gasteiger partial charge >= 0.3 is 0 Å². The Labute approximate surface area is 138 Å². The van der Waals surface area contributed by atoms with E-state index in [-0.39, 0.29) is 11.7 Å². The highest BCUT2D eigenvalue weighted by molar-refractivity contribution is 6.11. The lowest BCUT2D eigenvalue weighted by Gasteiger charge is -2.09. The second-order valence-corrected chi connectivity index (χ2v) is 5.94. The van der Waals surface area contributed by atoms with Crippen LogP contribution in [0.25, 0.3) is 22.2 Å². The lowest BCUT2D eigenvalue weighted by molar-refractivity contribution is 0.0964. The summed E-state index contributed by atoms with van der Waals surface area (Å²) >= 11 is 0. The van der Waals surface area contributed by atoms with Crippen LogP contribution in [0.5, 0.6) is 5.75 Å². The van der Waals surface area contributed by atoms with Gasteiger partial charge in [0.25, 0.3) is 0 Å². The number of carbonyl (C=O) groups is 1. The normalized spacial score (nSPS) is 13.7. The summed E-state index contributed by atoms with van der Waals surface area (Å²) in [4.78, 5) is 20.2. The van der Waals surface area contributed by atoms with Gasteiger partial charge in [0.05, 0.1) is 24.4 Å². The predicted molar refractivity (Wildman–Crippen MR) is 89.9 cm³/mol. The number of nitriles is 1. The fourth-order valence-electron chi connectivity index (χ4n) is 2.99. The van der Waals surface area contributed by atoms with E-state index in [1.165, 1.54) is 0 Å². The maximum absolute atomic E-state index is 12.8. The number of nitrogens with zero attached hydrogens (tertiary/aromatic N) is 2. The number of methoxy groups -OCH3 is 1. The van der Waals surface area contributed by atoms with Crippen molar-refractivity contribution in [2.75, 3.05) is 7.11 Å². The topological polar surface area (TPSA) is 78.8 Å². The molecule has 2 aromatic heterocycles. The molecule has 1 aromatic carbocycles. The Kier molecular flexibility index (Phi) is 3.31. The van der Waals surface area contributed by atoms with E-state index in [4.69, 9.17) is 4.74 Å². The van der Waals surface area contributed by atoms with Crippen LogP contribution >= 0.6 is 0 Å². The Hall–Kier alpha value is -3.13. The molecule has 1 N–H and O–H groups in total. The average molecular weight is 317 g/mol. The van der Waals surface area contributed by atoms with Crippen LogP contribution in [0, 0.1) is 17.2 Å². The number of carbonyl (C=O) groups excluding carboxylic acids is 1. The van der Waals surface area contributed by atoms with E-state index in [1.807, 2.05) is 12.1 Å². The van der Waals surface area contributed by atoms with Gasteiger partial charge in [-0.05, 0) is 43.2 Å². The van der Waals surface area contributed by atoms with Crippen LogP contribution in [0.3, 0.4) is 0 Å². The van der Waals surface area contributed by atoms with E-state index in [9.17, 15) is 10.1 Å². The number of rotatable bonds is 4. The quantitative estimate of drug-likeness (QED) is 0.744. The molecular formula is C19H15N3O2. The molecule has 0 spiro atoms. The minimum atomic E-state index is 0.0768. The molecule has 0 aliphatic heterocycles. The molecule has 3 aromatic rings. The van der Waals surface area contributed by atoms with Gasteiger partial charge in [-0.15, -0.1) is 0 Å². The van der Waals surface area contributed by atoms with Gasteiger partial charge in [-0.1, -0.05) is 0 Å². The van der Waals surface area contributed by atoms with Crippen LogP contribution in [-0.2, 0) is 0 Å². The monoisotopic (exact) mass is 317 g/mol. The molecule has 1 aliphatic rings. The summed E-state index contributed by atoms with van der Waals surface area (Å²) < 4.78 is 5.30. The number of ether oxygens (including phenoxy) is 1. The zero-order valence-corrected chi connectivity index (χ0v) is 13.2. The van der Waals surface area contributed by atoms with Crippen molar-refractivity contribution in [2.24, 2.45) is 5.92 Å². The van der Waals surface area contributed by atoms with Crippen molar-refractivity contribution in [1.82, 2.24) is 9.97 Å². The largest absolute Gasteiger partial charge is 0.497 e. The van der Waals surface area contributed by atoms with Gasteiger partial charge in [-0.3, -0.25) is 4.79 Å². The summed E-state index contributed by atoms with van der Waals surface area (Å²) in [5.74, 6) is 0.815. The van der Waals surface area contributed by atoms with Gasteiger partial charge in [-0.2, -0.15) is 5.26 Å². The van der Waals surface area contributed by atoms with Crippen molar-refractivity contribution in [3.8, 4) is 22.9 Å². The van der Waals surface area contributed by atoms with Crippen molar-refractivity contribution in [2.45, 2.75) is 12.8 Å². The SMILES string of the molecule is COc1ccc(C#N)c(-c2c(C(=O)C3CC3)[nH]c3ncccc23)c1. The third kappa shape index (κ3) is 2.24. The van der Waals surface area contributed by atoms with Crippen molar-refractivity contribution in [3.63, 3.8) is 0 Å². The van der Waals surface area contributed by atoms with Crippen molar-refractivity contribution in [3.05, 3.63) is 47.8 Å². The average Bonchev–Trinajstić information content (AvgIpc) is 3.40. The van der Waals surface area contributed by atoms with Crippen molar-refractivity contribution in [1.29, 1.82) is 5.26 Å². The molecule has 0 radical (unpaired) electrons. The zero-order valence-electron chi connectivity index (χ0n) is 13.2. The number of pyridine rings is 1. The molecule has 0 bridgehead atoms. The van der Waals surface area contributed by atoms with Gasteiger partial charge in [-0.25, -0.2) is 4.98 Å². The Morgan fingerprint density at radius 2 is 2.21 bits per heavy atom. The van der Waals surface area contributed by atoms with E-state index >= 15 is 0 Å². The molecular weight excluding hydrogens is 302 g/mol. The number of aromatic nitrogens is 2. The molecule has 0 amide bonds. The highest BCUT2D eigenvalue weighted by Gasteiger charge is 2.34. The first-order valence-electron chi connectivity index (χ1n) is 7.82. The molecule has 1 aliphatic carbocycles. The number of ketones is 1. The minimum Gasteiger partial charge on any atom is -0.497 e. The lowest BCUT2D eigenvalue weighted by Crippen LogP contribution is -2.04. The molecule has 1 saturated carbocycles. The number of nitrogens with one attached hydrogen (secondary N) is 1. The molecule has 0 unspecified atom stereocenters. The number of hydrogen-bond donors (Lipinski definition) is 1. The van der Waals surface area contributed by atoms with Gasteiger partial charge in [0.1, 0.15) is 11.4 Å². The first-order valence-corrected chi connectivity index (χ1v) is 7.82. The maximum Gasteiger partial charge on any atom is 0.182 e. The Morgan fingerprint density at radius 1 is 1.38 bits per heavy atom. The summed E-state index contributed by atoms with van der Waals surface area (Å²) in [6, 6.07) is 11.2. The first-order chi connectivity index (χ1) is 11.7. The highest BCUT2D eigenvalue weighted by atomic mass is 16.5. The second-order valence-electron chi connectivity index (χ2n) is 5.94. The second kappa shape index (κ2) is 5.50. The summed E-state index contributed by atoms with van der Waals surface area (Å²) in [7, 11) is 1.58. The third-order valence-corrected chi connectivity index (χ3v) is 4.38. The van der Waals surface area contributed by atoms with Crippen molar-refractivity contribution >= 4 is 16.8 Å². The van der Waals surface area contributed by atoms with Gasteiger partial charge in [0.15, 0.2) is 5.78 Å². The summed E-state index contributed by atoms with van der Waals surface area (Å²) in [6.07, 6.45) is 3.53. The van der Waals surface area contributed by atoms with Gasteiger partial charge in [0.2, 0.25) is 0 Å². The molecule has 2 heterocycles. The molecule has 118 valence electrons. The molecule has 0 atom stereocenters. The molecule has 1 fully saturated rings. The Bertz CT molecular complexity index is 994. The molecule has 4 rings (SSSR count). The number of Topliss-reactive ketones (excluding diaryl/α,β-unsaturated/α-hetero) is 1. The Balaban J connectivity index is 2.04. The minimum absolute atomic E-state index is 0.0768. The Morgan fingerprint density at radius 3 is 2.92 bits per heavy atom. The van der Waals surface area contributed by atoms with E-state index in [0.29, 0.717) is 28.2 Å². The molecule has 24 heavy (non-hydrogen) atoms. The van der Waals surface area contributed by atoms with E-state index in [2.05, 4.69) is 16.0 Å². The van der Waals surface area contributed by atoms with E-state index < -0.39 is 0 Å². The number of benzene rings is 1. The summed E-state index contributed by atoms with van der Waals surface area (Å²) in [6.45, 7) is 0. The highest BCUT2D eigenvalue weighted by Crippen LogP contribution is 2.40. The third-order valence-electron chi connectivity index (χ3n) is 4.38. The molecule has 0 saturated heterocycles. The van der Waals surface area contributed by atoms with E-state index in [1.54, 1.807) is 31.5 Å². The lowest BCUT2D eigenvalue weighted by atomic mass is 9.95. The molecule has 5 heteroatoms. The smallest absolute Gasteiger partial charge is 0.182 e. The summed E-state index contributed by atoms with van der Waals surface area (Å²) in [5, 5.41) is 10.3.